The summed E-state index contributed by atoms with van der Waals surface area (Å²) in [4.78, 5) is 2.23. The second-order valence-electron chi connectivity index (χ2n) is 5.66. The molecule has 0 aliphatic carbocycles. The van der Waals surface area contributed by atoms with Crippen molar-refractivity contribution < 1.29 is 4.39 Å². The van der Waals surface area contributed by atoms with Crippen LogP contribution in [0.1, 0.15) is 22.6 Å². The first-order chi connectivity index (χ1) is 10.8. The number of fused-ring (bicyclic) bond motifs is 2. The molecule has 0 saturated heterocycles. The molecule has 0 saturated carbocycles. The molecule has 1 aliphatic rings. The molecule has 0 fully saturated rings. The largest absolute Gasteiger partial charge is 0.344 e. The zero-order valence-electron chi connectivity index (χ0n) is 12.3. The topological polar surface area (TPSA) is 3.24 Å². The van der Waals surface area contributed by atoms with Gasteiger partial charge >= 0.3 is 0 Å². The van der Waals surface area contributed by atoms with Gasteiger partial charge < -0.3 is 4.90 Å². The first-order valence-electron chi connectivity index (χ1n) is 7.43. The summed E-state index contributed by atoms with van der Waals surface area (Å²) in [5.41, 5.74) is 6.05. The SMILES string of the molecule is CN1c2ccccc2C(c2ccc(F)cc2)c2ccccc21. The summed E-state index contributed by atoms with van der Waals surface area (Å²) in [5, 5.41) is 0. The summed E-state index contributed by atoms with van der Waals surface area (Å²) >= 11 is 0. The lowest BCUT2D eigenvalue weighted by Gasteiger charge is -2.35. The van der Waals surface area contributed by atoms with E-state index in [1.807, 2.05) is 12.1 Å². The number of halogens is 1. The van der Waals surface area contributed by atoms with Crippen molar-refractivity contribution in [3.05, 3.63) is 95.3 Å². The van der Waals surface area contributed by atoms with Gasteiger partial charge in [-0.1, -0.05) is 48.5 Å². The fraction of sp³-hybridized carbons (Fsp3) is 0.100. The lowest BCUT2D eigenvalue weighted by atomic mass is 9.80. The molecule has 22 heavy (non-hydrogen) atoms. The first kappa shape index (κ1) is 13.1. The van der Waals surface area contributed by atoms with Gasteiger partial charge in [0, 0.05) is 24.3 Å². The normalized spacial score (nSPS) is 13.6. The molecule has 0 spiro atoms. The second kappa shape index (κ2) is 4.99. The van der Waals surface area contributed by atoms with Crippen molar-refractivity contribution in [3.8, 4) is 0 Å². The van der Waals surface area contributed by atoms with Gasteiger partial charge in [0.2, 0.25) is 0 Å². The predicted molar refractivity (Wildman–Crippen MR) is 88.3 cm³/mol. The zero-order valence-corrected chi connectivity index (χ0v) is 12.3. The molecular weight excluding hydrogens is 273 g/mol. The van der Waals surface area contributed by atoms with E-state index in [2.05, 4.69) is 60.5 Å². The average Bonchev–Trinajstić information content (AvgIpc) is 2.57. The molecule has 1 nitrogen and oxygen atoms in total. The van der Waals surface area contributed by atoms with Gasteiger partial charge in [-0.05, 0) is 41.0 Å². The highest BCUT2D eigenvalue weighted by molar-refractivity contribution is 5.77. The van der Waals surface area contributed by atoms with Crippen molar-refractivity contribution in [2.75, 3.05) is 11.9 Å². The summed E-state index contributed by atoms with van der Waals surface area (Å²) in [6, 6.07) is 23.7. The average molecular weight is 289 g/mol. The molecule has 4 rings (SSSR count). The van der Waals surface area contributed by atoms with E-state index in [1.54, 1.807) is 12.1 Å². The zero-order chi connectivity index (χ0) is 15.1. The third-order valence-electron chi connectivity index (χ3n) is 4.42. The second-order valence-corrected chi connectivity index (χ2v) is 5.66. The maximum Gasteiger partial charge on any atom is 0.123 e. The van der Waals surface area contributed by atoms with Crippen LogP contribution in [0.3, 0.4) is 0 Å². The van der Waals surface area contributed by atoms with Gasteiger partial charge in [-0.3, -0.25) is 0 Å². The van der Waals surface area contributed by atoms with E-state index >= 15 is 0 Å². The van der Waals surface area contributed by atoms with Gasteiger partial charge in [0.05, 0.1) is 0 Å². The number of benzene rings is 3. The first-order valence-corrected chi connectivity index (χ1v) is 7.43. The molecule has 1 aliphatic heterocycles. The molecular formula is C20H16FN. The van der Waals surface area contributed by atoms with Gasteiger partial charge in [0.15, 0.2) is 0 Å². The molecule has 0 unspecified atom stereocenters. The standard InChI is InChI=1S/C20H16FN/c1-22-18-8-4-2-6-16(18)20(14-10-12-15(21)13-11-14)17-7-3-5-9-19(17)22/h2-13,20H,1H3. The number of anilines is 2. The Morgan fingerprint density at radius 2 is 1.23 bits per heavy atom. The molecule has 0 radical (unpaired) electrons. The highest BCUT2D eigenvalue weighted by Gasteiger charge is 2.29. The molecule has 3 aromatic carbocycles. The monoisotopic (exact) mass is 289 g/mol. The Labute approximate surface area is 129 Å². The van der Waals surface area contributed by atoms with Crippen molar-refractivity contribution >= 4 is 11.4 Å². The van der Waals surface area contributed by atoms with Gasteiger partial charge in [-0.15, -0.1) is 0 Å². The predicted octanol–water partition coefficient (Wildman–Crippen LogP) is 5.09. The van der Waals surface area contributed by atoms with Crippen LogP contribution in [0.25, 0.3) is 0 Å². The fourth-order valence-electron chi connectivity index (χ4n) is 3.39. The van der Waals surface area contributed by atoms with E-state index in [0.29, 0.717) is 0 Å². The smallest absolute Gasteiger partial charge is 0.123 e. The van der Waals surface area contributed by atoms with E-state index in [-0.39, 0.29) is 11.7 Å². The molecule has 0 bridgehead atoms. The molecule has 1 heterocycles. The molecule has 0 N–H and O–H groups in total. The Bertz CT molecular complexity index is 776. The van der Waals surface area contributed by atoms with Crippen LogP contribution < -0.4 is 4.90 Å². The van der Waals surface area contributed by atoms with E-state index in [1.165, 1.54) is 22.5 Å². The molecule has 2 heteroatoms. The van der Waals surface area contributed by atoms with Crippen molar-refractivity contribution in [2.24, 2.45) is 0 Å². The Morgan fingerprint density at radius 3 is 1.77 bits per heavy atom. The van der Waals surface area contributed by atoms with Crippen molar-refractivity contribution in [1.29, 1.82) is 0 Å². The summed E-state index contributed by atoms with van der Waals surface area (Å²) in [6.45, 7) is 0. The van der Waals surface area contributed by atoms with Crippen LogP contribution in [0.2, 0.25) is 0 Å². The number of hydrogen-bond donors (Lipinski definition) is 0. The molecule has 0 atom stereocenters. The lowest BCUT2D eigenvalue weighted by molar-refractivity contribution is 0.626. The number of rotatable bonds is 1. The maximum atomic E-state index is 13.3. The van der Waals surface area contributed by atoms with Gasteiger partial charge in [-0.2, -0.15) is 0 Å². The fourth-order valence-corrected chi connectivity index (χ4v) is 3.39. The van der Waals surface area contributed by atoms with Crippen LogP contribution in [0, 0.1) is 5.82 Å². The minimum absolute atomic E-state index is 0.143. The highest BCUT2D eigenvalue weighted by Crippen LogP contribution is 2.47. The molecule has 108 valence electrons. The number of para-hydroxylation sites is 2. The van der Waals surface area contributed by atoms with E-state index in [4.69, 9.17) is 0 Å². The van der Waals surface area contributed by atoms with Gasteiger partial charge in [0.25, 0.3) is 0 Å². The van der Waals surface area contributed by atoms with Crippen molar-refractivity contribution in [1.82, 2.24) is 0 Å². The molecule has 0 aromatic heterocycles. The number of nitrogens with zero attached hydrogens (tertiary/aromatic N) is 1. The van der Waals surface area contributed by atoms with Crippen LogP contribution in [-0.4, -0.2) is 7.05 Å². The summed E-state index contributed by atoms with van der Waals surface area (Å²) in [5.74, 6) is -0.0533. The highest BCUT2D eigenvalue weighted by atomic mass is 19.1. The van der Waals surface area contributed by atoms with Crippen LogP contribution in [0.15, 0.2) is 72.8 Å². The van der Waals surface area contributed by atoms with Gasteiger partial charge in [0.1, 0.15) is 5.82 Å². The van der Waals surface area contributed by atoms with E-state index in [0.717, 1.165) is 5.56 Å². The van der Waals surface area contributed by atoms with Crippen LogP contribution in [0.4, 0.5) is 15.8 Å². The van der Waals surface area contributed by atoms with Crippen LogP contribution in [0.5, 0.6) is 0 Å². The molecule has 3 aromatic rings. The van der Waals surface area contributed by atoms with E-state index in [9.17, 15) is 4.39 Å². The van der Waals surface area contributed by atoms with Gasteiger partial charge in [-0.25, -0.2) is 4.39 Å². The lowest BCUT2D eigenvalue weighted by Crippen LogP contribution is -2.22. The Morgan fingerprint density at radius 1 is 0.727 bits per heavy atom. The number of hydrogen-bond acceptors (Lipinski definition) is 1. The van der Waals surface area contributed by atoms with Crippen molar-refractivity contribution in [2.45, 2.75) is 5.92 Å². The summed E-state index contributed by atoms with van der Waals surface area (Å²) in [7, 11) is 2.10. The Kier molecular flexibility index (Phi) is 2.97. The third kappa shape index (κ3) is 1.92. The van der Waals surface area contributed by atoms with Crippen molar-refractivity contribution in [3.63, 3.8) is 0 Å². The van der Waals surface area contributed by atoms with Crippen LogP contribution in [-0.2, 0) is 0 Å². The Hall–Kier alpha value is -2.61. The quantitative estimate of drug-likeness (QED) is 0.603. The minimum Gasteiger partial charge on any atom is -0.344 e. The third-order valence-corrected chi connectivity index (χ3v) is 4.42. The summed E-state index contributed by atoms with van der Waals surface area (Å²) < 4.78 is 13.3. The summed E-state index contributed by atoms with van der Waals surface area (Å²) in [6.07, 6.45) is 0. The van der Waals surface area contributed by atoms with E-state index < -0.39 is 0 Å². The maximum absolute atomic E-state index is 13.3. The van der Waals surface area contributed by atoms with Crippen LogP contribution >= 0.6 is 0 Å². The Balaban J connectivity index is 1.98. The minimum atomic E-state index is -0.196. The molecule has 0 amide bonds.